The highest BCUT2D eigenvalue weighted by Crippen LogP contribution is 2.23. The number of carbonyl (C=O) groups is 1. The van der Waals surface area contributed by atoms with E-state index in [9.17, 15) is 9.59 Å². The minimum absolute atomic E-state index is 0.202. The van der Waals surface area contributed by atoms with Crippen molar-refractivity contribution in [2.75, 3.05) is 0 Å². The van der Waals surface area contributed by atoms with Crippen LogP contribution in [0.4, 0.5) is 0 Å². The molecule has 122 valence electrons. The van der Waals surface area contributed by atoms with Gasteiger partial charge in [0.15, 0.2) is 5.58 Å². The Balaban J connectivity index is 2.16. The van der Waals surface area contributed by atoms with Gasteiger partial charge in [-0.25, -0.2) is 4.68 Å². The summed E-state index contributed by atoms with van der Waals surface area (Å²) in [6.45, 7) is 7.12. The predicted molar refractivity (Wildman–Crippen MR) is 84.6 cm³/mol. The number of nitrogens with zero attached hydrogens (tertiary/aromatic N) is 3. The van der Waals surface area contributed by atoms with Crippen molar-refractivity contribution in [2.24, 2.45) is 0 Å². The van der Waals surface area contributed by atoms with Gasteiger partial charge in [-0.15, -0.1) is 0 Å². The normalized spacial score (nSPS) is 11.7. The topological polar surface area (TPSA) is 78.7 Å². The average molecular weight is 317 g/mol. The molecule has 3 rings (SSSR count). The van der Waals surface area contributed by atoms with Crippen LogP contribution in [0, 0.1) is 6.92 Å². The number of aromatic nitrogens is 3. The standard InChI is InChI=1S/C16H19N3O4/c1-5-14-17-18(8-15(20)22-9(2)3)16(21)12-7-13-11(19(12)14)6-10(4)23-13/h6-7,9H,5,8H2,1-4H3. The minimum Gasteiger partial charge on any atom is -0.462 e. The lowest BCUT2D eigenvalue weighted by atomic mass is 10.4. The summed E-state index contributed by atoms with van der Waals surface area (Å²) in [6, 6.07) is 3.57. The number of ether oxygens (including phenoxy) is 1. The van der Waals surface area contributed by atoms with Crippen molar-refractivity contribution in [1.29, 1.82) is 0 Å². The van der Waals surface area contributed by atoms with E-state index in [1.165, 1.54) is 0 Å². The highest BCUT2D eigenvalue weighted by Gasteiger charge is 2.18. The fourth-order valence-corrected chi connectivity index (χ4v) is 2.67. The van der Waals surface area contributed by atoms with E-state index in [1.807, 2.05) is 19.9 Å². The first-order valence-electron chi connectivity index (χ1n) is 7.61. The molecule has 0 saturated heterocycles. The Kier molecular flexibility index (Phi) is 3.71. The van der Waals surface area contributed by atoms with Gasteiger partial charge in [0.05, 0.1) is 11.6 Å². The van der Waals surface area contributed by atoms with E-state index >= 15 is 0 Å². The summed E-state index contributed by atoms with van der Waals surface area (Å²) in [6.07, 6.45) is 0.385. The van der Waals surface area contributed by atoms with Gasteiger partial charge in [0, 0.05) is 18.6 Å². The van der Waals surface area contributed by atoms with Crippen LogP contribution in [0.15, 0.2) is 21.3 Å². The Labute approximate surface area is 132 Å². The molecular weight excluding hydrogens is 298 g/mol. The van der Waals surface area contributed by atoms with Crippen LogP contribution in [0.2, 0.25) is 0 Å². The van der Waals surface area contributed by atoms with Crippen molar-refractivity contribution in [3.63, 3.8) is 0 Å². The number of hydrogen-bond donors (Lipinski definition) is 0. The summed E-state index contributed by atoms with van der Waals surface area (Å²) >= 11 is 0. The van der Waals surface area contributed by atoms with E-state index in [0.717, 1.165) is 16.0 Å². The molecule has 0 aliphatic heterocycles. The van der Waals surface area contributed by atoms with Crippen molar-refractivity contribution in [2.45, 2.75) is 46.8 Å². The summed E-state index contributed by atoms with van der Waals surface area (Å²) in [4.78, 5) is 24.4. The molecule has 0 aliphatic rings. The van der Waals surface area contributed by atoms with Crippen LogP contribution >= 0.6 is 0 Å². The average Bonchev–Trinajstić information content (AvgIpc) is 2.97. The van der Waals surface area contributed by atoms with Crippen LogP contribution in [0.3, 0.4) is 0 Å². The van der Waals surface area contributed by atoms with Crippen molar-refractivity contribution >= 4 is 22.6 Å². The zero-order valence-electron chi connectivity index (χ0n) is 13.6. The van der Waals surface area contributed by atoms with Crippen molar-refractivity contribution in [3.05, 3.63) is 34.1 Å². The maximum Gasteiger partial charge on any atom is 0.328 e. The van der Waals surface area contributed by atoms with Crippen LogP contribution in [0.1, 0.15) is 32.4 Å². The third-order valence-electron chi connectivity index (χ3n) is 3.52. The van der Waals surface area contributed by atoms with Gasteiger partial charge in [0.2, 0.25) is 0 Å². The summed E-state index contributed by atoms with van der Waals surface area (Å²) in [5.41, 5.74) is 1.56. The van der Waals surface area contributed by atoms with Crippen LogP contribution in [0.5, 0.6) is 0 Å². The molecule has 3 heterocycles. The number of carbonyl (C=O) groups excluding carboxylic acids is 1. The Morgan fingerprint density at radius 2 is 2.09 bits per heavy atom. The third kappa shape index (κ3) is 2.62. The molecule has 0 saturated carbocycles. The van der Waals surface area contributed by atoms with E-state index in [1.54, 1.807) is 24.3 Å². The summed E-state index contributed by atoms with van der Waals surface area (Å²) < 4.78 is 13.6. The number of aryl methyl sites for hydroxylation is 2. The largest absolute Gasteiger partial charge is 0.462 e. The first-order valence-corrected chi connectivity index (χ1v) is 7.61. The molecule has 23 heavy (non-hydrogen) atoms. The van der Waals surface area contributed by atoms with Crippen LogP contribution < -0.4 is 5.56 Å². The van der Waals surface area contributed by atoms with Crippen LogP contribution in [-0.4, -0.2) is 26.3 Å². The zero-order chi connectivity index (χ0) is 16.7. The summed E-state index contributed by atoms with van der Waals surface area (Å²) in [5.74, 6) is 0.982. The monoisotopic (exact) mass is 317 g/mol. The number of fused-ring (bicyclic) bond motifs is 3. The molecule has 0 unspecified atom stereocenters. The minimum atomic E-state index is -0.480. The lowest BCUT2D eigenvalue weighted by molar-refractivity contribution is -0.148. The van der Waals surface area contributed by atoms with Crippen LogP contribution in [0.25, 0.3) is 16.6 Å². The molecule has 0 fully saturated rings. The van der Waals surface area contributed by atoms with Gasteiger partial charge < -0.3 is 9.15 Å². The second-order valence-electron chi connectivity index (χ2n) is 5.74. The molecule has 0 radical (unpaired) electrons. The molecule has 3 aromatic heterocycles. The smallest absolute Gasteiger partial charge is 0.328 e. The molecule has 0 spiro atoms. The Bertz CT molecular complexity index is 946. The fraction of sp³-hybridized carbons (Fsp3) is 0.438. The Hall–Kier alpha value is -2.57. The van der Waals surface area contributed by atoms with Gasteiger partial charge in [0.25, 0.3) is 5.56 Å². The molecular formula is C16H19N3O4. The lowest BCUT2D eigenvalue weighted by Crippen LogP contribution is -2.31. The highest BCUT2D eigenvalue weighted by molar-refractivity contribution is 5.83. The molecule has 0 N–H and O–H groups in total. The number of furan rings is 1. The maximum atomic E-state index is 12.6. The molecule has 0 aromatic carbocycles. The van der Waals surface area contributed by atoms with E-state index in [4.69, 9.17) is 9.15 Å². The predicted octanol–water partition coefficient (Wildman–Crippen LogP) is 2.06. The van der Waals surface area contributed by atoms with E-state index in [-0.39, 0.29) is 18.2 Å². The second-order valence-corrected chi connectivity index (χ2v) is 5.74. The Morgan fingerprint density at radius 3 is 2.74 bits per heavy atom. The fourth-order valence-electron chi connectivity index (χ4n) is 2.67. The zero-order valence-corrected chi connectivity index (χ0v) is 13.6. The third-order valence-corrected chi connectivity index (χ3v) is 3.52. The molecule has 0 bridgehead atoms. The van der Waals surface area contributed by atoms with Gasteiger partial charge >= 0.3 is 5.97 Å². The van der Waals surface area contributed by atoms with Gasteiger partial charge in [-0.05, 0) is 20.8 Å². The molecule has 0 amide bonds. The first kappa shape index (κ1) is 15.3. The van der Waals surface area contributed by atoms with Gasteiger partial charge in [-0.2, -0.15) is 5.10 Å². The molecule has 0 atom stereocenters. The molecule has 7 nitrogen and oxygen atoms in total. The van der Waals surface area contributed by atoms with E-state index in [2.05, 4.69) is 5.10 Å². The van der Waals surface area contributed by atoms with Crippen molar-refractivity contribution in [3.8, 4) is 0 Å². The number of esters is 1. The van der Waals surface area contributed by atoms with Gasteiger partial charge in [0.1, 0.15) is 23.6 Å². The summed E-state index contributed by atoms with van der Waals surface area (Å²) in [5, 5.41) is 4.32. The number of hydrogen-bond acceptors (Lipinski definition) is 5. The molecule has 3 aromatic rings. The Morgan fingerprint density at radius 1 is 1.35 bits per heavy atom. The molecule has 7 heteroatoms. The highest BCUT2D eigenvalue weighted by atomic mass is 16.5. The number of rotatable bonds is 4. The summed E-state index contributed by atoms with van der Waals surface area (Å²) in [7, 11) is 0. The van der Waals surface area contributed by atoms with Crippen molar-refractivity contribution in [1.82, 2.24) is 14.2 Å². The first-order chi connectivity index (χ1) is 10.9. The van der Waals surface area contributed by atoms with Crippen molar-refractivity contribution < 1.29 is 13.9 Å². The molecule has 0 aliphatic carbocycles. The van der Waals surface area contributed by atoms with E-state index < -0.39 is 5.97 Å². The van der Waals surface area contributed by atoms with Gasteiger partial charge in [-0.1, -0.05) is 6.92 Å². The van der Waals surface area contributed by atoms with Crippen LogP contribution in [-0.2, 0) is 22.5 Å². The quantitative estimate of drug-likeness (QED) is 0.688. The van der Waals surface area contributed by atoms with E-state index in [0.29, 0.717) is 23.3 Å². The maximum absolute atomic E-state index is 12.6. The lowest BCUT2D eigenvalue weighted by Gasteiger charge is -2.11. The second kappa shape index (κ2) is 5.57. The van der Waals surface area contributed by atoms with Gasteiger partial charge in [-0.3, -0.25) is 14.0 Å². The SMILES string of the molecule is CCc1nn(CC(=O)OC(C)C)c(=O)c2cc3oc(C)cc3n12.